The summed E-state index contributed by atoms with van der Waals surface area (Å²) in [4.78, 5) is 14.8. The van der Waals surface area contributed by atoms with Gasteiger partial charge in [0.25, 0.3) is 5.91 Å². The molecule has 2 saturated heterocycles. The maximum absolute atomic E-state index is 12.9. The summed E-state index contributed by atoms with van der Waals surface area (Å²) in [6.07, 6.45) is 11.6. The number of ether oxygens (including phenoxy) is 2. The molecule has 6 heteroatoms. The first-order chi connectivity index (χ1) is 12.8. The van der Waals surface area contributed by atoms with E-state index in [0.717, 1.165) is 44.9 Å². The molecule has 3 heterocycles. The molecular formula is C20H29N3O3. The number of carbonyl (C=O) groups excluding carboxylic acids is 1. The van der Waals surface area contributed by atoms with E-state index in [0.29, 0.717) is 18.7 Å². The van der Waals surface area contributed by atoms with Crippen molar-refractivity contribution >= 4 is 5.91 Å². The molecule has 0 aromatic carbocycles. The van der Waals surface area contributed by atoms with Gasteiger partial charge in [-0.3, -0.25) is 4.79 Å². The topological polar surface area (TPSA) is 64.6 Å². The van der Waals surface area contributed by atoms with E-state index in [4.69, 9.17) is 9.47 Å². The zero-order valence-corrected chi connectivity index (χ0v) is 15.4. The Bertz CT molecular complexity index is 606. The zero-order chi connectivity index (χ0) is 17.8. The lowest BCUT2D eigenvalue weighted by molar-refractivity contribution is -0.148. The Kier molecular flexibility index (Phi) is 5.50. The lowest BCUT2D eigenvalue weighted by Crippen LogP contribution is -2.58. The molecule has 6 nitrogen and oxygen atoms in total. The SMILES string of the molecule is O=C(c1ccnnc1)N1CC[C@H]2OCCC[C@@]2(COCC2CCCC2)C1. The van der Waals surface area contributed by atoms with Crippen LogP contribution in [0.4, 0.5) is 0 Å². The van der Waals surface area contributed by atoms with Gasteiger partial charge in [-0.25, -0.2) is 0 Å². The first-order valence-corrected chi connectivity index (χ1v) is 10.0. The van der Waals surface area contributed by atoms with Crippen molar-refractivity contribution in [1.82, 2.24) is 15.1 Å². The van der Waals surface area contributed by atoms with Gasteiger partial charge in [0.05, 0.1) is 30.7 Å². The predicted molar refractivity (Wildman–Crippen MR) is 96.7 cm³/mol. The van der Waals surface area contributed by atoms with E-state index in [2.05, 4.69) is 10.2 Å². The van der Waals surface area contributed by atoms with Gasteiger partial charge < -0.3 is 14.4 Å². The van der Waals surface area contributed by atoms with E-state index in [9.17, 15) is 4.79 Å². The Labute approximate surface area is 155 Å². The van der Waals surface area contributed by atoms with Gasteiger partial charge in [0.2, 0.25) is 0 Å². The minimum absolute atomic E-state index is 0.0408. The molecule has 3 aliphatic rings. The summed E-state index contributed by atoms with van der Waals surface area (Å²) in [5.41, 5.74) is 0.544. The fourth-order valence-electron chi connectivity index (χ4n) is 4.88. The molecule has 0 bridgehead atoms. The molecule has 26 heavy (non-hydrogen) atoms. The number of aromatic nitrogens is 2. The summed E-state index contributed by atoms with van der Waals surface area (Å²) in [6, 6.07) is 1.74. The van der Waals surface area contributed by atoms with Crippen LogP contribution in [-0.2, 0) is 9.47 Å². The third-order valence-electron chi connectivity index (χ3n) is 6.32. The summed E-state index contributed by atoms with van der Waals surface area (Å²) in [5, 5.41) is 7.62. The summed E-state index contributed by atoms with van der Waals surface area (Å²) in [6.45, 7) is 3.83. The van der Waals surface area contributed by atoms with E-state index < -0.39 is 0 Å². The fourth-order valence-corrected chi connectivity index (χ4v) is 4.88. The fraction of sp³-hybridized carbons (Fsp3) is 0.750. The molecule has 0 spiro atoms. The molecule has 1 aromatic heterocycles. The zero-order valence-electron chi connectivity index (χ0n) is 15.4. The van der Waals surface area contributed by atoms with Gasteiger partial charge in [-0.1, -0.05) is 12.8 Å². The van der Waals surface area contributed by atoms with E-state index in [-0.39, 0.29) is 17.4 Å². The van der Waals surface area contributed by atoms with Crippen LogP contribution in [0.1, 0.15) is 55.3 Å². The minimum atomic E-state index is -0.0643. The number of carbonyl (C=O) groups is 1. The summed E-state index contributed by atoms with van der Waals surface area (Å²) >= 11 is 0. The van der Waals surface area contributed by atoms with Crippen molar-refractivity contribution in [1.29, 1.82) is 0 Å². The maximum Gasteiger partial charge on any atom is 0.255 e. The van der Waals surface area contributed by atoms with Crippen LogP contribution in [0.5, 0.6) is 0 Å². The molecule has 2 aliphatic heterocycles. The second-order valence-corrected chi connectivity index (χ2v) is 8.14. The molecule has 142 valence electrons. The highest BCUT2D eigenvalue weighted by Crippen LogP contribution is 2.41. The standard InChI is InChI=1S/C20H29N3O3/c24-19(17-6-9-21-22-12-17)23-10-7-18-20(14-23,8-3-11-26-18)15-25-13-16-4-1-2-5-16/h6,9,12,16,18H,1-5,7-8,10-11,13-15H2/t18-,20+/m1/s1. The molecule has 1 saturated carbocycles. The molecule has 0 unspecified atom stereocenters. The first-order valence-electron chi connectivity index (χ1n) is 10.0. The molecule has 1 aromatic rings. The molecule has 0 radical (unpaired) electrons. The van der Waals surface area contributed by atoms with Crippen LogP contribution in [-0.4, -0.2) is 60.0 Å². The van der Waals surface area contributed by atoms with Crippen molar-refractivity contribution in [2.24, 2.45) is 11.3 Å². The van der Waals surface area contributed by atoms with Crippen LogP contribution >= 0.6 is 0 Å². The number of nitrogens with zero attached hydrogens (tertiary/aromatic N) is 3. The number of amides is 1. The summed E-state index contributed by atoms with van der Waals surface area (Å²) < 4.78 is 12.3. The smallest absolute Gasteiger partial charge is 0.255 e. The molecule has 1 amide bonds. The summed E-state index contributed by atoms with van der Waals surface area (Å²) in [5.74, 6) is 0.762. The molecule has 2 atom stereocenters. The first kappa shape index (κ1) is 17.9. The number of hydrogen-bond donors (Lipinski definition) is 0. The quantitative estimate of drug-likeness (QED) is 0.809. The highest BCUT2D eigenvalue weighted by molar-refractivity contribution is 5.93. The highest BCUT2D eigenvalue weighted by Gasteiger charge is 2.47. The van der Waals surface area contributed by atoms with Crippen LogP contribution < -0.4 is 0 Å². The van der Waals surface area contributed by atoms with E-state index >= 15 is 0 Å². The second kappa shape index (κ2) is 8.01. The Morgan fingerprint density at radius 1 is 1.27 bits per heavy atom. The second-order valence-electron chi connectivity index (χ2n) is 8.14. The van der Waals surface area contributed by atoms with Crippen LogP contribution in [0, 0.1) is 11.3 Å². The van der Waals surface area contributed by atoms with Gasteiger partial charge in [0.1, 0.15) is 0 Å². The van der Waals surface area contributed by atoms with Crippen molar-refractivity contribution in [2.45, 2.75) is 51.0 Å². The predicted octanol–water partition coefficient (Wildman–Crippen LogP) is 2.69. The van der Waals surface area contributed by atoms with Crippen molar-refractivity contribution in [3.05, 3.63) is 24.0 Å². The Hall–Kier alpha value is -1.53. The minimum Gasteiger partial charge on any atom is -0.380 e. The van der Waals surface area contributed by atoms with Crippen molar-refractivity contribution in [3.63, 3.8) is 0 Å². The number of rotatable bonds is 5. The maximum atomic E-state index is 12.9. The van der Waals surface area contributed by atoms with Crippen LogP contribution in [0.15, 0.2) is 18.5 Å². The average Bonchev–Trinajstić information content (AvgIpc) is 3.21. The summed E-state index contributed by atoms with van der Waals surface area (Å²) in [7, 11) is 0. The van der Waals surface area contributed by atoms with Gasteiger partial charge in [-0.15, -0.1) is 0 Å². The van der Waals surface area contributed by atoms with Crippen molar-refractivity contribution < 1.29 is 14.3 Å². The number of piperidine rings is 1. The van der Waals surface area contributed by atoms with Crippen molar-refractivity contribution in [3.8, 4) is 0 Å². The van der Waals surface area contributed by atoms with Crippen LogP contribution in [0.25, 0.3) is 0 Å². The van der Waals surface area contributed by atoms with E-state index in [1.807, 2.05) is 4.90 Å². The molecule has 3 fully saturated rings. The van der Waals surface area contributed by atoms with Gasteiger partial charge in [0, 0.05) is 31.7 Å². The van der Waals surface area contributed by atoms with Crippen molar-refractivity contribution in [2.75, 3.05) is 32.9 Å². The van der Waals surface area contributed by atoms with Gasteiger partial charge >= 0.3 is 0 Å². The Morgan fingerprint density at radius 3 is 2.96 bits per heavy atom. The third kappa shape index (κ3) is 3.76. The highest BCUT2D eigenvalue weighted by atomic mass is 16.5. The Balaban J connectivity index is 1.43. The number of fused-ring (bicyclic) bond motifs is 1. The molecule has 4 rings (SSSR count). The average molecular weight is 359 g/mol. The largest absolute Gasteiger partial charge is 0.380 e. The van der Waals surface area contributed by atoms with Gasteiger partial charge in [0.15, 0.2) is 0 Å². The van der Waals surface area contributed by atoms with E-state index in [1.165, 1.54) is 25.7 Å². The lowest BCUT2D eigenvalue weighted by Gasteiger charge is -2.50. The third-order valence-corrected chi connectivity index (χ3v) is 6.32. The van der Waals surface area contributed by atoms with Gasteiger partial charge in [-0.2, -0.15) is 10.2 Å². The normalized spacial score (nSPS) is 29.5. The lowest BCUT2D eigenvalue weighted by atomic mass is 9.73. The van der Waals surface area contributed by atoms with Crippen LogP contribution in [0.3, 0.4) is 0 Å². The monoisotopic (exact) mass is 359 g/mol. The van der Waals surface area contributed by atoms with Crippen LogP contribution in [0.2, 0.25) is 0 Å². The number of likely N-dealkylation sites (tertiary alicyclic amines) is 1. The molecular weight excluding hydrogens is 330 g/mol. The van der Waals surface area contributed by atoms with E-state index in [1.54, 1.807) is 18.5 Å². The molecule has 0 N–H and O–H groups in total. The van der Waals surface area contributed by atoms with Gasteiger partial charge in [-0.05, 0) is 44.1 Å². The Morgan fingerprint density at radius 2 is 2.15 bits per heavy atom. The molecule has 1 aliphatic carbocycles. The number of hydrogen-bond acceptors (Lipinski definition) is 5.